The first kappa shape index (κ1) is 44.2. The van der Waals surface area contributed by atoms with E-state index in [-0.39, 0.29) is 24.0 Å². The van der Waals surface area contributed by atoms with Crippen LogP contribution in [0.25, 0.3) is 33.8 Å². The molecule has 0 saturated carbocycles. The summed E-state index contributed by atoms with van der Waals surface area (Å²) in [5.74, 6) is -0.123. The number of carbonyl (C=O) groups is 4. The number of amides is 4. The third-order valence-electron chi connectivity index (χ3n) is 13.8. The molecule has 5 aromatic rings. The number of hydrogen-bond donors (Lipinski definition) is 2. The molecule has 0 unspecified atom stereocenters. The van der Waals surface area contributed by atoms with Gasteiger partial charge in [-0.25, -0.2) is 14.6 Å². The third-order valence-corrected chi connectivity index (χ3v) is 14.0. The molecule has 2 spiro atoms. The lowest BCUT2D eigenvalue weighted by Crippen LogP contribution is -2.74. The van der Waals surface area contributed by atoms with Crippen LogP contribution in [0.3, 0.4) is 0 Å². The molecule has 4 amide bonds. The molecular formula is C51H54ClN9O6. The van der Waals surface area contributed by atoms with Crippen LogP contribution in [0.5, 0.6) is 0 Å². The predicted octanol–water partition coefficient (Wildman–Crippen LogP) is 7.11. The van der Waals surface area contributed by atoms with Crippen molar-refractivity contribution in [3.63, 3.8) is 0 Å². The van der Waals surface area contributed by atoms with Crippen LogP contribution >= 0.6 is 11.6 Å². The van der Waals surface area contributed by atoms with Gasteiger partial charge in [-0.15, -0.1) is 0 Å². The molecule has 2 saturated heterocycles. The molecule has 11 rings (SSSR count). The van der Waals surface area contributed by atoms with E-state index >= 15 is 0 Å². The number of benzene rings is 1. The highest BCUT2D eigenvalue weighted by molar-refractivity contribution is 6.29. The predicted molar refractivity (Wildman–Crippen MR) is 251 cm³/mol. The van der Waals surface area contributed by atoms with Crippen LogP contribution < -0.4 is 10.6 Å². The monoisotopic (exact) mass is 923 g/mol. The van der Waals surface area contributed by atoms with Crippen LogP contribution in [0.4, 0.5) is 9.59 Å². The second-order valence-corrected chi connectivity index (χ2v) is 21.4. The summed E-state index contributed by atoms with van der Waals surface area (Å²) in [5.41, 5.74) is 12.6. The number of likely N-dealkylation sites (tertiary alicyclic amines) is 2. The Bertz CT molecular complexity index is 3010. The Labute approximate surface area is 394 Å². The van der Waals surface area contributed by atoms with Crippen molar-refractivity contribution in [2.75, 3.05) is 26.2 Å². The van der Waals surface area contributed by atoms with E-state index in [9.17, 15) is 24.4 Å². The van der Waals surface area contributed by atoms with Crippen molar-refractivity contribution in [3.05, 3.63) is 104 Å². The SMILES string of the molecule is Cn1c2c(c3c1-c1cc(-c4cccc(C#N)c4)ncc1CC3)C(=O)NC1(C2)CN(C(=O)OC(C)(C)C)C1.Cn1c2c(c3c1-c1cc(Cl)ncc1CC3)C(=O)NC1(C2)CN(C(=O)OC(C)(C)C)C1. The quantitative estimate of drug-likeness (QED) is 0.166. The highest BCUT2D eigenvalue weighted by Crippen LogP contribution is 2.45. The number of nitrogens with zero attached hydrogens (tertiary/aromatic N) is 7. The van der Waals surface area contributed by atoms with E-state index in [4.69, 9.17) is 21.1 Å². The number of nitriles is 1. The van der Waals surface area contributed by atoms with E-state index in [1.807, 2.05) is 92.3 Å². The molecule has 0 atom stereocenters. The molecule has 0 bridgehead atoms. The molecular weight excluding hydrogens is 870 g/mol. The lowest BCUT2D eigenvalue weighted by Gasteiger charge is -2.51. The Kier molecular flexibility index (Phi) is 10.2. The summed E-state index contributed by atoms with van der Waals surface area (Å²) in [7, 11) is 4.04. The Morgan fingerprint density at radius 1 is 0.716 bits per heavy atom. The lowest BCUT2D eigenvalue weighted by atomic mass is 9.80. The smallest absolute Gasteiger partial charge is 0.410 e. The van der Waals surface area contributed by atoms with Crippen LogP contribution in [0.1, 0.15) is 101 Å². The van der Waals surface area contributed by atoms with Crippen molar-refractivity contribution in [3.8, 4) is 39.8 Å². The molecule has 16 heteroatoms. The topological polar surface area (TPSA) is 177 Å². The van der Waals surface area contributed by atoms with Gasteiger partial charge in [-0.2, -0.15) is 5.26 Å². The molecule has 2 N–H and O–H groups in total. The molecule has 6 aliphatic rings. The minimum atomic E-state index is -0.559. The summed E-state index contributed by atoms with van der Waals surface area (Å²) in [6, 6.07) is 13.6. The zero-order chi connectivity index (χ0) is 47.5. The maximum Gasteiger partial charge on any atom is 0.410 e. The fourth-order valence-corrected chi connectivity index (χ4v) is 11.1. The average molecular weight is 925 g/mol. The number of carbonyl (C=O) groups excluding carboxylic acids is 4. The number of fused-ring (bicyclic) bond motifs is 10. The van der Waals surface area contributed by atoms with Crippen LogP contribution in [0.2, 0.25) is 5.15 Å². The van der Waals surface area contributed by atoms with Gasteiger partial charge in [-0.3, -0.25) is 14.6 Å². The van der Waals surface area contributed by atoms with Crippen LogP contribution in [0.15, 0.2) is 48.8 Å². The zero-order valence-electron chi connectivity index (χ0n) is 39.1. The molecule has 346 valence electrons. The first-order chi connectivity index (χ1) is 31.6. The van der Waals surface area contributed by atoms with Crippen molar-refractivity contribution in [1.82, 2.24) is 39.5 Å². The van der Waals surface area contributed by atoms with Crippen molar-refractivity contribution in [1.29, 1.82) is 5.26 Å². The second kappa shape index (κ2) is 15.4. The van der Waals surface area contributed by atoms with E-state index in [1.165, 1.54) is 0 Å². The highest BCUT2D eigenvalue weighted by Gasteiger charge is 2.53. The molecule has 67 heavy (non-hydrogen) atoms. The van der Waals surface area contributed by atoms with Crippen LogP contribution in [-0.2, 0) is 62.1 Å². The number of nitrogens with one attached hydrogen (secondary N) is 2. The minimum absolute atomic E-state index is 0.0551. The van der Waals surface area contributed by atoms with Gasteiger partial charge >= 0.3 is 12.2 Å². The van der Waals surface area contributed by atoms with Gasteiger partial charge in [0.15, 0.2) is 0 Å². The van der Waals surface area contributed by atoms with E-state index in [0.29, 0.717) is 49.7 Å². The van der Waals surface area contributed by atoms with Gasteiger partial charge in [0.05, 0.1) is 50.9 Å². The number of rotatable bonds is 1. The first-order valence-corrected chi connectivity index (χ1v) is 23.2. The number of pyridine rings is 2. The molecule has 0 radical (unpaired) electrons. The molecule has 4 aromatic heterocycles. The fraction of sp³-hybridized carbons (Fsp3) is 0.431. The number of ether oxygens (including phenoxy) is 2. The van der Waals surface area contributed by atoms with Crippen LogP contribution in [-0.4, -0.2) is 101 Å². The van der Waals surface area contributed by atoms with Gasteiger partial charge in [0, 0.05) is 93.6 Å². The summed E-state index contributed by atoms with van der Waals surface area (Å²) in [4.78, 5) is 63.7. The van der Waals surface area contributed by atoms with Gasteiger partial charge in [0.1, 0.15) is 16.4 Å². The van der Waals surface area contributed by atoms with Crippen molar-refractivity contribution < 1.29 is 28.7 Å². The van der Waals surface area contributed by atoms with Crippen molar-refractivity contribution in [2.24, 2.45) is 14.1 Å². The van der Waals surface area contributed by atoms with E-state index in [1.54, 1.807) is 15.9 Å². The standard InChI is InChI=1S/C29H29N5O3.C22H25ClN4O3/c1-28(2,3)37-27(36)34-15-29(16-34)12-23-24(26(35)32-29)20-9-8-19-14-31-22(11-21(19)25(20)33(23)4)18-7-5-6-17(10-18)13-30;1-21(2,3)30-20(29)27-10-22(11-27)8-15-17(19(28)25-22)13-6-5-12-9-24-16(23)7-14(12)18(13)26(15)4/h5-7,10-11,14H,8-9,12,15-16H2,1-4H3,(H,32,35);7,9H,5-6,8,10-11H2,1-4H3,(H,25,28). The van der Waals surface area contributed by atoms with Gasteiger partial charge in [-0.1, -0.05) is 23.7 Å². The van der Waals surface area contributed by atoms with Crippen LogP contribution in [0, 0.1) is 11.3 Å². The lowest BCUT2D eigenvalue weighted by molar-refractivity contribution is -0.0173. The van der Waals surface area contributed by atoms with E-state index < -0.39 is 22.3 Å². The first-order valence-electron chi connectivity index (χ1n) is 22.8. The average Bonchev–Trinajstić information content (AvgIpc) is 3.70. The zero-order valence-corrected chi connectivity index (χ0v) is 39.9. The summed E-state index contributed by atoms with van der Waals surface area (Å²) in [5, 5.41) is 16.2. The third kappa shape index (κ3) is 7.68. The van der Waals surface area contributed by atoms with Crippen molar-refractivity contribution in [2.45, 2.75) is 102 Å². The molecule has 8 heterocycles. The summed E-state index contributed by atoms with van der Waals surface area (Å²) >= 11 is 6.17. The van der Waals surface area contributed by atoms with Gasteiger partial charge in [0.25, 0.3) is 11.8 Å². The van der Waals surface area contributed by atoms with Gasteiger partial charge in [0.2, 0.25) is 0 Å². The summed E-state index contributed by atoms with van der Waals surface area (Å²) in [6.45, 7) is 12.9. The Hall–Kier alpha value is -6.66. The molecule has 15 nitrogen and oxygen atoms in total. The van der Waals surface area contributed by atoms with Crippen molar-refractivity contribution >= 4 is 35.6 Å². The largest absolute Gasteiger partial charge is 0.444 e. The molecule has 2 aliphatic carbocycles. The number of aromatic nitrogens is 4. The second-order valence-electron chi connectivity index (χ2n) is 21.0. The highest BCUT2D eigenvalue weighted by atomic mass is 35.5. The number of halogens is 1. The Morgan fingerprint density at radius 2 is 1.19 bits per heavy atom. The minimum Gasteiger partial charge on any atom is -0.444 e. The summed E-state index contributed by atoms with van der Waals surface area (Å²) in [6.07, 6.45) is 7.65. The van der Waals surface area contributed by atoms with Gasteiger partial charge < -0.3 is 39.0 Å². The van der Waals surface area contributed by atoms with E-state index in [0.717, 1.165) is 104 Å². The molecule has 2 fully saturated rings. The molecule has 4 aliphatic heterocycles. The number of hydrogen-bond acceptors (Lipinski definition) is 9. The maximum atomic E-state index is 13.5. The van der Waals surface area contributed by atoms with Gasteiger partial charge in [-0.05, 0) is 114 Å². The summed E-state index contributed by atoms with van der Waals surface area (Å²) < 4.78 is 15.3. The maximum absolute atomic E-state index is 13.5. The number of aryl methyl sites for hydroxylation is 2. The normalized spacial score (nSPS) is 17.9. The Balaban J connectivity index is 0.000000160. The Morgan fingerprint density at radius 3 is 1.67 bits per heavy atom. The fourth-order valence-electron chi connectivity index (χ4n) is 10.9. The molecule has 1 aromatic carbocycles. The van der Waals surface area contributed by atoms with E-state index in [2.05, 4.69) is 41.9 Å².